The van der Waals surface area contributed by atoms with Crippen molar-refractivity contribution in [1.29, 1.82) is 0 Å². The summed E-state index contributed by atoms with van der Waals surface area (Å²) in [5.74, 6) is 2.73. The summed E-state index contributed by atoms with van der Waals surface area (Å²) in [6, 6.07) is 0. The topological polar surface area (TPSA) is 46.1 Å². The lowest BCUT2D eigenvalue weighted by Crippen LogP contribution is -2.48. The number of ether oxygens (including phenoxy) is 2. The molecule has 3 atom stereocenters. The van der Waals surface area contributed by atoms with Gasteiger partial charge in [0.2, 0.25) is 0 Å². The summed E-state index contributed by atoms with van der Waals surface area (Å²) in [6.07, 6.45) is 12.1. The Kier molecular flexibility index (Phi) is 10.7. The van der Waals surface area contributed by atoms with Gasteiger partial charge in [0.15, 0.2) is 5.96 Å². The Bertz CT molecular complexity index is 435. The molecule has 5 nitrogen and oxygen atoms in total. The molecule has 3 unspecified atom stereocenters. The average Bonchev–Trinajstić information content (AvgIpc) is 2.70. The Morgan fingerprint density at radius 3 is 2.48 bits per heavy atom. The van der Waals surface area contributed by atoms with Crippen LogP contribution >= 0.6 is 24.0 Å². The van der Waals surface area contributed by atoms with E-state index in [1.54, 1.807) is 0 Å². The molecule has 0 radical (unpaired) electrons. The molecule has 0 amide bonds. The maximum absolute atomic E-state index is 6.14. The van der Waals surface area contributed by atoms with E-state index in [4.69, 9.17) is 9.47 Å². The second-order valence-corrected chi connectivity index (χ2v) is 8.46. The van der Waals surface area contributed by atoms with Gasteiger partial charge in [0.1, 0.15) is 0 Å². The zero-order valence-electron chi connectivity index (χ0n) is 17.3. The summed E-state index contributed by atoms with van der Waals surface area (Å²) < 4.78 is 11.9. The number of hydrogen-bond donors (Lipinski definition) is 1. The van der Waals surface area contributed by atoms with E-state index in [1.165, 1.54) is 38.5 Å². The van der Waals surface area contributed by atoms with Gasteiger partial charge in [0.05, 0.1) is 18.8 Å². The third-order valence-electron chi connectivity index (χ3n) is 6.56. The van der Waals surface area contributed by atoms with Gasteiger partial charge >= 0.3 is 0 Å². The van der Waals surface area contributed by atoms with E-state index in [-0.39, 0.29) is 24.0 Å². The first-order valence-electron chi connectivity index (χ1n) is 10.9. The van der Waals surface area contributed by atoms with Gasteiger partial charge in [-0.1, -0.05) is 26.2 Å². The molecule has 3 aliphatic rings. The molecule has 0 bridgehead atoms. The van der Waals surface area contributed by atoms with Crippen LogP contribution in [0.2, 0.25) is 0 Å². The number of nitrogens with zero attached hydrogens (tertiary/aromatic N) is 2. The largest absolute Gasteiger partial charge is 0.376 e. The van der Waals surface area contributed by atoms with Crippen molar-refractivity contribution < 1.29 is 9.47 Å². The minimum atomic E-state index is 0. The Morgan fingerprint density at radius 2 is 1.81 bits per heavy atom. The first-order valence-corrected chi connectivity index (χ1v) is 10.9. The van der Waals surface area contributed by atoms with E-state index in [0.717, 1.165) is 69.9 Å². The van der Waals surface area contributed by atoms with E-state index in [9.17, 15) is 0 Å². The third-order valence-corrected chi connectivity index (χ3v) is 6.56. The van der Waals surface area contributed by atoms with E-state index in [1.807, 2.05) is 7.05 Å². The number of rotatable bonds is 5. The zero-order valence-corrected chi connectivity index (χ0v) is 19.7. The van der Waals surface area contributed by atoms with Gasteiger partial charge in [-0.2, -0.15) is 0 Å². The quantitative estimate of drug-likeness (QED) is 0.357. The van der Waals surface area contributed by atoms with Crippen LogP contribution < -0.4 is 5.32 Å². The van der Waals surface area contributed by atoms with Crippen LogP contribution in [0.15, 0.2) is 4.99 Å². The van der Waals surface area contributed by atoms with Gasteiger partial charge in [-0.3, -0.25) is 4.99 Å². The van der Waals surface area contributed by atoms with Crippen LogP contribution in [0.5, 0.6) is 0 Å². The van der Waals surface area contributed by atoms with Gasteiger partial charge in [-0.25, -0.2) is 0 Å². The summed E-state index contributed by atoms with van der Waals surface area (Å²) in [6.45, 7) is 7.24. The molecule has 3 rings (SSSR count). The SMILES string of the molecule is CN=C(NCC1CCCCC1C)N1CCC(OCC2CCCCO2)CC1.I. The number of aliphatic imine (C=N–C) groups is 1. The van der Waals surface area contributed by atoms with Crippen molar-refractivity contribution >= 4 is 29.9 Å². The van der Waals surface area contributed by atoms with Crippen LogP contribution in [0.25, 0.3) is 0 Å². The zero-order chi connectivity index (χ0) is 18.2. The fourth-order valence-corrected chi connectivity index (χ4v) is 4.67. The van der Waals surface area contributed by atoms with Gasteiger partial charge < -0.3 is 19.7 Å². The molecule has 27 heavy (non-hydrogen) atoms. The molecule has 158 valence electrons. The van der Waals surface area contributed by atoms with Gasteiger partial charge in [0.25, 0.3) is 0 Å². The normalized spacial score (nSPS) is 30.7. The Balaban J connectivity index is 0.00000261. The summed E-state index contributed by atoms with van der Waals surface area (Å²) >= 11 is 0. The standard InChI is InChI=1S/C21H39N3O2.HI/c1-17-7-3-4-8-18(17)15-23-21(22-2)24-12-10-19(11-13-24)26-16-20-9-5-6-14-25-20;/h17-20H,3-16H2,1-2H3,(H,22,23);1H. The lowest BCUT2D eigenvalue weighted by atomic mass is 9.80. The van der Waals surface area contributed by atoms with Crippen molar-refractivity contribution in [2.45, 2.75) is 76.9 Å². The highest BCUT2D eigenvalue weighted by Crippen LogP contribution is 2.29. The molecular weight excluding hydrogens is 453 g/mol. The van der Waals surface area contributed by atoms with Crippen LogP contribution in [0.4, 0.5) is 0 Å². The molecule has 1 aliphatic carbocycles. The predicted octanol–water partition coefficient (Wildman–Crippen LogP) is 4.06. The summed E-state index contributed by atoms with van der Waals surface area (Å²) in [4.78, 5) is 6.94. The molecule has 2 heterocycles. The van der Waals surface area contributed by atoms with Gasteiger partial charge in [-0.15, -0.1) is 24.0 Å². The Labute approximate surface area is 183 Å². The molecule has 3 fully saturated rings. The fourth-order valence-electron chi connectivity index (χ4n) is 4.67. The maximum Gasteiger partial charge on any atom is 0.193 e. The minimum absolute atomic E-state index is 0. The second kappa shape index (κ2) is 12.5. The van der Waals surface area contributed by atoms with Crippen LogP contribution in [0.1, 0.15) is 64.7 Å². The highest BCUT2D eigenvalue weighted by Gasteiger charge is 2.25. The molecule has 0 aromatic heterocycles. The van der Waals surface area contributed by atoms with E-state index in [0.29, 0.717) is 12.2 Å². The number of guanidine groups is 1. The van der Waals surface area contributed by atoms with Crippen LogP contribution in [0.3, 0.4) is 0 Å². The highest BCUT2D eigenvalue weighted by atomic mass is 127. The minimum Gasteiger partial charge on any atom is -0.376 e. The number of piperidine rings is 1. The lowest BCUT2D eigenvalue weighted by Gasteiger charge is -2.36. The van der Waals surface area contributed by atoms with E-state index in [2.05, 4.69) is 22.1 Å². The lowest BCUT2D eigenvalue weighted by molar-refractivity contribution is -0.0721. The summed E-state index contributed by atoms with van der Waals surface area (Å²) in [7, 11) is 1.91. The number of likely N-dealkylation sites (tertiary alicyclic amines) is 1. The summed E-state index contributed by atoms with van der Waals surface area (Å²) in [5.41, 5.74) is 0. The van der Waals surface area contributed by atoms with Crippen LogP contribution in [0, 0.1) is 11.8 Å². The highest BCUT2D eigenvalue weighted by molar-refractivity contribution is 14.0. The van der Waals surface area contributed by atoms with E-state index >= 15 is 0 Å². The van der Waals surface area contributed by atoms with E-state index < -0.39 is 0 Å². The van der Waals surface area contributed by atoms with Gasteiger partial charge in [-0.05, 0) is 50.4 Å². The molecule has 6 heteroatoms. The maximum atomic E-state index is 6.14. The van der Waals surface area contributed by atoms with Crippen molar-refractivity contribution in [3.63, 3.8) is 0 Å². The number of hydrogen-bond acceptors (Lipinski definition) is 3. The fraction of sp³-hybridized carbons (Fsp3) is 0.952. The Morgan fingerprint density at radius 1 is 1.07 bits per heavy atom. The Hall–Kier alpha value is -0.0800. The molecule has 0 aromatic carbocycles. The van der Waals surface area contributed by atoms with Crippen molar-refractivity contribution in [3.8, 4) is 0 Å². The third kappa shape index (κ3) is 7.35. The molecule has 1 saturated carbocycles. The monoisotopic (exact) mass is 493 g/mol. The smallest absolute Gasteiger partial charge is 0.193 e. The molecule has 2 saturated heterocycles. The molecular formula is C21H40IN3O2. The number of nitrogens with one attached hydrogen (secondary N) is 1. The predicted molar refractivity (Wildman–Crippen MR) is 122 cm³/mol. The molecule has 0 spiro atoms. The van der Waals surface area contributed by atoms with Crippen LogP contribution in [-0.4, -0.2) is 63.0 Å². The first-order chi connectivity index (χ1) is 12.8. The average molecular weight is 493 g/mol. The van der Waals surface area contributed by atoms with Crippen molar-refractivity contribution in [3.05, 3.63) is 0 Å². The molecule has 1 N–H and O–H groups in total. The van der Waals surface area contributed by atoms with Crippen molar-refractivity contribution in [2.75, 3.05) is 39.9 Å². The van der Waals surface area contributed by atoms with Crippen molar-refractivity contribution in [2.24, 2.45) is 16.8 Å². The summed E-state index contributed by atoms with van der Waals surface area (Å²) in [5, 5.41) is 3.65. The molecule has 2 aliphatic heterocycles. The van der Waals surface area contributed by atoms with Gasteiger partial charge in [0, 0.05) is 33.3 Å². The second-order valence-electron chi connectivity index (χ2n) is 8.46. The van der Waals surface area contributed by atoms with Crippen molar-refractivity contribution in [1.82, 2.24) is 10.2 Å². The molecule has 0 aromatic rings. The number of halogens is 1. The first kappa shape index (κ1) is 23.2. The van der Waals surface area contributed by atoms with Crippen LogP contribution in [-0.2, 0) is 9.47 Å².